The molecule has 10 nitrogen and oxygen atoms in total. The molecule has 1 aromatic carbocycles. The number of aromatic nitrogens is 4. The minimum atomic E-state index is -0.718. The molecule has 1 unspecified atom stereocenters. The first-order chi connectivity index (χ1) is 14.5. The summed E-state index contributed by atoms with van der Waals surface area (Å²) in [6.07, 6.45) is 3.21. The molecule has 10 heteroatoms. The summed E-state index contributed by atoms with van der Waals surface area (Å²) < 4.78 is 11.5. The Hall–Kier alpha value is -4.08. The second-order valence-corrected chi connectivity index (χ2v) is 6.51. The molecule has 3 aromatic rings. The number of fused-ring (bicyclic) bond motifs is 1. The van der Waals surface area contributed by atoms with Crippen molar-refractivity contribution in [1.29, 1.82) is 0 Å². The number of benzene rings is 1. The lowest BCUT2D eigenvalue weighted by molar-refractivity contribution is -0.141. The van der Waals surface area contributed by atoms with Gasteiger partial charge in [-0.1, -0.05) is 0 Å². The lowest BCUT2D eigenvalue weighted by atomic mass is 9.98. The maximum Gasteiger partial charge on any atom is 0.306 e. The molecule has 1 atom stereocenters. The van der Waals surface area contributed by atoms with Crippen LogP contribution >= 0.6 is 0 Å². The highest BCUT2D eigenvalue weighted by atomic mass is 16.5. The van der Waals surface area contributed by atoms with Crippen LogP contribution in [0.1, 0.15) is 18.1 Å². The van der Waals surface area contributed by atoms with Crippen molar-refractivity contribution in [3.8, 4) is 11.5 Å². The van der Waals surface area contributed by atoms with Gasteiger partial charge in [0.25, 0.3) is 11.9 Å². The second-order valence-electron chi connectivity index (χ2n) is 6.51. The zero-order chi connectivity index (χ0) is 21.1. The fourth-order valence-corrected chi connectivity index (χ4v) is 2.90. The van der Waals surface area contributed by atoms with Gasteiger partial charge in [0.1, 0.15) is 11.5 Å². The van der Waals surface area contributed by atoms with Crippen LogP contribution in [0.5, 0.6) is 11.5 Å². The van der Waals surface area contributed by atoms with Gasteiger partial charge in [-0.15, -0.1) is 5.10 Å². The number of anilines is 2. The van der Waals surface area contributed by atoms with Crippen molar-refractivity contribution in [2.75, 3.05) is 12.4 Å². The third-order valence-electron chi connectivity index (χ3n) is 4.47. The largest absolute Gasteiger partial charge is 0.469 e. The van der Waals surface area contributed by atoms with Crippen LogP contribution in [0.3, 0.4) is 0 Å². The molecule has 4 rings (SSSR count). The third kappa shape index (κ3) is 4.02. The van der Waals surface area contributed by atoms with Crippen LogP contribution in [0.15, 0.2) is 53.8 Å². The van der Waals surface area contributed by atoms with Crippen molar-refractivity contribution in [1.82, 2.24) is 19.7 Å². The quantitative estimate of drug-likeness (QED) is 0.620. The van der Waals surface area contributed by atoms with Crippen molar-refractivity contribution in [3.05, 3.63) is 48.8 Å². The van der Waals surface area contributed by atoms with E-state index >= 15 is 0 Å². The Kier molecular flexibility index (Phi) is 5.21. The van der Waals surface area contributed by atoms with Gasteiger partial charge in [0.15, 0.2) is 0 Å². The number of esters is 1. The number of hydrogen-bond acceptors (Lipinski definition) is 9. The zero-order valence-corrected chi connectivity index (χ0v) is 16.3. The van der Waals surface area contributed by atoms with Gasteiger partial charge in [0.2, 0.25) is 5.95 Å². The second kappa shape index (κ2) is 8.11. The fraction of sp³-hybridized carbons (Fsp3) is 0.200. The Bertz CT molecular complexity index is 1110. The van der Waals surface area contributed by atoms with Crippen LogP contribution in [-0.2, 0) is 9.53 Å². The average molecular weight is 406 g/mol. The summed E-state index contributed by atoms with van der Waals surface area (Å²) >= 11 is 0. The average Bonchev–Trinajstić information content (AvgIpc) is 3.15. The van der Waals surface area contributed by atoms with Gasteiger partial charge in [-0.2, -0.15) is 9.67 Å². The molecule has 0 amide bonds. The number of carbonyl (C=O) groups is 2. The number of pyridine rings is 1. The summed E-state index contributed by atoms with van der Waals surface area (Å²) in [5.74, 6) is 0.148. The molecule has 1 aliphatic heterocycles. The van der Waals surface area contributed by atoms with Crippen LogP contribution in [0.4, 0.5) is 17.6 Å². The van der Waals surface area contributed by atoms with Gasteiger partial charge in [0.05, 0.1) is 19.4 Å². The molecule has 152 valence electrons. The zero-order valence-electron chi connectivity index (χ0n) is 16.3. The molecule has 0 saturated heterocycles. The first-order valence-corrected chi connectivity index (χ1v) is 9.12. The minimum absolute atomic E-state index is 0.0916. The number of methoxy groups -OCH3 is 1. The predicted molar refractivity (Wildman–Crippen MR) is 108 cm³/mol. The van der Waals surface area contributed by atoms with Crippen LogP contribution in [0, 0.1) is 5.92 Å². The molecule has 1 N–H and O–H groups in total. The molecule has 0 spiro atoms. The predicted octanol–water partition coefficient (Wildman–Crippen LogP) is 3.13. The Morgan fingerprint density at radius 1 is 1.13 bits per heavy atom. The van der Waals surface area contributed by atoms with E-state index in [-0.39, 0.29) is 24.2 Å². The summed E-state index contributed by atoms with van der Waals surface area (Å²) in [4.78, 5) is 36.8. The Morgan fingerprint density at radius 2 is 1.83 bits per heavy atom. The summed E-state index contributed by atoms with van der Waals surface area (Å²) in [7, 11) is 1.28. The molecule has 3 heterocycles. The Balaban J connectivity index is 1.47. The number of hydrogen-bond donors (Lipinski definition) is 1. The van der Waals surface area contributed by atoms with Gasteiger partial charge >= 0.3 is 5.97 Å². The topological polar surface area (TPSA) is 121 Å². The highest BCUT2D eigenvalue weighted by Crippen LogP contribution is 2.27. The first-order valence-electron chi connectivity index (χ1n) is 9.12. The van der Waals surface area contributed by atoms with E-state index in [9.17, 15) is 9.59 Å². The van der Waals surface area contributed by atoms with Gasteiger partial charge < -0.3 is 14.8 Å². The number of ether oxygens (including phenoxy) is 2. The summed E-state index contributed by atoms with van der Waals surface area (Å²) in [6, 6.07) is 10.7. The van der Waals surface area contributed by atoms with E-state index in [1.807, 2.05) is 0 Å². The third-order valence-corrected chi connectivity index (χ3v) is 4.47. The molecular formula is C20H18N6O4. The van der Waals surface area contributed by atoms with Crippen molar-refractivity contribution in [2.45, 2.75) is 13.3 Å². The van der Waals surface area contributed by atoms with E-state index in [0.29, 0.717) is 22.9 Å². The van der Waals surface area contributed by atoms with Crippen molar-refractivity contribution >= 4 is 35.2 Å². The molecule has 30 heavy (non-hydrogen) atoms. The molecule has 0 aliphatic carbocycles. The van der Waals surface area contributed by atoms with Crippen LogP contribution in [-0.4, -0.2) is 44.4 Å². The molecule has 1 aliphatic rings. The highest BCUT2D eigenvalue weighted by Gasteiger charge is 2.33. The van der Waals surface area contributed by atoms with Crippen LogP contribution < -0.4 is 10.1 Å². The van der Waals surface area contributed by atoms with Crippen LogP contribution in [0.25, 0.3) is 0 Å². The summed E-state index contributed by atoms with van der Waals surface area (Å²) in [5.41, 5.74) is 1.20. The molecule has 2 aromatic heterocycles. The van der Waals surface area contributed by atoms with Gasteiger partial charge in [-0.3, -0.25) is 14.6 Å². The number of nitrogens with one attached hydrogen (secondary N) is 1. The number of nitrogens with zero attached hydrogens (tertiary/aromatic N) is 5. The maximum absolute atomic E-state index is 12.7. The number of aliphatic imine (C=N–C) groups is 1. The van der Waals surface area contributed by atoms with Gasteiger partial charge in [-0.25, -0.2) is 4.99 Å². The van der Waals surface area contributed by atoms with Crippen molar-refractivity contribution in [3.63, 3.8) is 0 Å². The van der Waals surface area contributed by atoms with Gasteiger partial charge in [0, 0.05) is 23.8 Å². The number of carbonyl (C=O) groups excluding carboxylic acids is 2. The molecular weight excluding hydrogens is 388 g/mol. The first kappa shape index (κ1) is 19.2. The summed E-state index contributed by atoms with van der Waals surface area (Å²) in [6.45, 7) is 1.68. The van der Waals surface area contributed by atoms with Crippen molar-refractivity contribution < 1.29 is 19.1 Å². The fourth-order valence-electron chi connectivity index (χ4n) is 2.90. The molecule has 0 bridgehead atoms. The van der Waals surface area contributed by atoms with E-state index in [2.05, 4.69) is 30.1 Å². The van der Waals surface area contributed by atoms with Gasteiger partial charge in [-0.05, 0) is 43.3 Å². The minimum Gasteiger partial charge on any atom is -0.469 e. The van der Waals surface area contributed by atoms with E-state index in [4.69, 9.17) is 4.74 Å². The normalized spacial score (nSPS) is 15.2. The van der Waals surface area contributed by atoms with E-state index < -0.39 is 11.9 Å². The number of rotatable bonds is 6. The highest BCUT2D eigenvalue weighted by molar-refractivity contribution is 6.09. The maximum atomic E-state index is 12.7. The molecule has 0 fully saturated rings. The smallest absolute Gasteiger partial charge is 0.306 e. The lowest BCUT2D eigenvalue weighted by Crippen LogP contribution is -2.33. The van der Waals surface area contributed by atoms with E-state index in [1.165, 1.54) is 7.11 Å². The van der Waals surface area contributed by atoms with Crippen LogP contribution in [0.2, 0.25) is 0 Å². The summed E-state index contributed by atoms with van der Waals surface area (Å²) in [5, 5.41) is 7.22. The Labute approximate surface area is 171 Å². The van der Waals surface area contributed by atoms with E-state index in [0.717, 1.165) is 4.68 Å². The van der Waals surface area contributed by atoms with E-state index in [1.54, 1.807) is 55.7 Å². The molecule has 0 saturated carbocycles. The molecule has 0 radical (unpaired) electrons. The van der Waals surface area contributed by atoms with Crippen molar-refractivity contribution in [2.24, 2.45) is 10.9 Å². The SMILES string of the molecule is COC(=O)CC1C(=O)n2nc(Nc3ccc(Oc4ccncc4)cc3)nc2N=C1C. The Morgan fingerprint density at radius 3 is 2.53 bits per heavy atom. The monoisotopic (exact) mass is 406 g/mol. The standard InChI is InChI=1S/C20H18N6O4/c1-12-16(11-17(27)29-2)18(28)26-20(22-12)24-19(25-26)23-13-3-5-14(6-4-13)30-15-7-9-21-10-8-15/h3-10,16H,11H2,1-2H3,(H,23,25). The lowest BCUT2D eigenvalue weighted by Gasteiger charge is -2.18.